The second-order valence-corrected chi connectivity index (χ2v) is 5.42. The first kappa shape index (κ1) is 15.8. The fourth-order valence-corrected chi connectivity index (χ4v) is 2.28. The van der Waals surface area contributed by atoms with E-state index in [-0.39, 0.29) is 23.8 Å². The summed E-state index contributed by atoms with van der Waals surface area (Å²) in [7, 11) is 0. The summed E-state index contributed by atoms with van der Waals surface area (Å²) in [6, 6.07) is 6.50. The van der Waals surface area contributed by atoms with E-state index in [1.54, 1.807) is 19.1 Å². The fraction of sp³-hybridized carbons (Fsp3) is 0.235. The van der Waals surface area contributed by atoms with Crippen LogP contribution in [0.15, 0.2) is 33.1 Å². The molecular formula is C17H16N2O5. The summed E-state index contributed by atoms with van der Waals surface area (Å²) in [5.41, 5.74) is 1.63. The Labute approximate surface area is 137 Å². The first-order valence-electron chi connectivity index (χ1n) is 7.30. The molecule has 3 aromatic rings. The minimum absolute atomic E-state index is 0.0849. The van der Waals surface area contributed by atoms with E-state index in [0.29, 0.717) is 17.2 Å². The SMILES string of the molecule is Cc1ccc(C(=O)OCc2nnc(-c3cc(C)oc3C)o2)c(O)c1. The van der Waals surface area contributed by atoms with Gasteiger partial charge >= 0.3 is 5.97 Å². The standard InChI is InChI=1S/C17H16N2O5/c1-9-4-5-12(14(20)6-9)17(21)22-8-15-18-19-16(24-15)13-7-10(2)23-11(13)3/h4-7,20H,8H2,1-3H3. The van der Waals surface area contributed by atoms with Gasteiger partial charge in [-0.1, -0.05) is 6.07 Å². The molecule has 0 fully saturated rings. The first-order valence-corrected chi connectivity index (χ1v) is 7.30. The van der Waals surface area contributed by atoms with E-state index < -0.39 is 5.97 Å². The van der Waals surface area contributed by atoms with E-state index in [4.69, 9.17) is 13.6 Å². The number of aromatic nitrogens is 2. The Morgan fingerprint density at radius 3 is 2.62 bits per heavy atom. The molecule has 0 radical (unpaired) electrons. The second-order valence-electron chi connectivity index (χ2n) is 5.42. The number of ether oxygens (including phenoxy) is 1. The van der Waals surface area contributed by atoms with Gasteiger partial charge in [-0.2, -0.15) is 0 Å². The van der Waals surface area contributed by atoms with Crippen LogP contribution in [0, 0.1) is 20.8 Å². The largest absolute Gasteiger partial charge is 0.507 e. The quantitative estimate of drug-likeness (QED) is 0.733. The summed E-state index contributed by atoms with van der Waals surface area (Å²) in [5, 5.41) is 17.6. The smallest absolute Gasteiger partial charge is 0.342 e. The molecule has 0 spiro atoms. The number of aryl methyl sites for hydroxylation is 3. The summed E-state index contributed by atoms with van der Waals surface area (Å²) >= 11 is 0. The highest BCUT2D eigenvalue weighted by atomic mass is 16.5. The Kier molecular flexibility index (Phi) is 4.07. The zero-order valence-corrected chi connectivity index (χ0v) is 13.5. The van der Waals surface area contributed by atoms with Crippen molar-refractivity contribution in [2.24, 2.45) is 0 Å². The maximum Gasteiger partial charge on any atom is 0.342 e. The number of carbonyl (C=O) groups is 1. The van der Waals surface area contributed by atoms with Gasteiger partial charge in [-0.15, -0.1) is 10.2 Å². The molecule has 7 heteroatoms. The molecule has 0 aliphatic rings. The highest BCUT2D eigenvalue weighted by Gasteiger charge is 2.17. The highest BCUT2D eigenvalue weighted by molar-refractivity contribution is 5.92. The van der Waals surface area contributed by atoms with Gasteiger partial charge in [0.05, 0.1) is 5.56 Å². The van der Waals surface area contributed by atoms with Crippen molar-refractivity contribution < 1.29 is 23.5 Å². The van der Waals surface area contributed by atoms with Crippen LogP contribution < -0.4 is 0 Å². The van der Waals surface area contributed by atoms with Gasteiger partial charge in [0.25, 0.3) is 11.8 Å². The van der Waals surface area contributed by atoms with Crippen molar-refractivity contribution in [2.75, 3.05) is 0 Å². The average Bonchev–Trinajstić information content (AvgIpc) is 3.11. The number of furan rings is 1. The lowest BCUT2D eigenvalue weighted by atomic mass is 10.1. The Bertz CT molecular complexity index is 894. The lowest BCUT2D eigenvalue weighted by Crippen LogP contribution is -2.05. The highest BCUT2D eigenvalue weighted by Crippen LogP contribution is 2.25. The molecule has 7 nitrogen and oxygen atoms in total. The van der Waals surface area contributed by atoms with E-state index in [1.165, 1.54) is 12.1 Å². The normalized spacial score (nSPS) is 10.8. The fourth-order valence-electron chi connectivity index (χ4n) is 2.28. The summed E-state index contributed by atoms with van der Waals surface area (Å²) < 4.78 is 16.0. The molecule has 0 saturated carbocycles. The molecule has 1 aromatic carbocycles. The number of nitrogens with zero attached hydrogens (tertiary/aromatic N) is 2. The van der Waals surface area contributed by atoms with Gasteiger partial charge < -0.3 is 18.7 Å². The number of esters is 1. The van der Waals surface area contributed by atoms with Crippen LogP contribution in [0.3, 0.4) is 0 Å². The summed E-state index contributed by atoms with van der Waals surface area (Å²) in [5.74, 6) is 1.07. The molecule has 0 atom stereocenters. The second kappa shape index (κ2) is 6.19. The summed E-state index contributed by atoms with van der Waals surface area (Å²) in [6.45, 7) is 5.25. The molecule has 124 valence electrons. The van der Waals surface area contributed by atoms with E-state index in [2.05, 4.69) is 10.2 Å². The molecule has 2 heterocycles. The third-order valence-electron chi connectivity index (χ3n) is 3.44. The maximum atomic E-state index is 12.0. The van der Waals surface area contributed by atoms with Gasteiger partial charge in [0.15, 0.2) is 6.61 Å². The van der Waals surface area contributed by atoms with Crippen molar-refractivity contribution in [3.8, 4) is 17.2 Å². The molecule has 3 rings (SSSR count). The monoisotopic (exact) mass is 328 g/mol. The van der Waals surface area contributed by atoms with Crippen LogP contribution in [0.4, 0.5) is 0 Å². The molecule has 0 aliphatic carbocycles. The number of aromatic hydroxyl groups is 1. The molecule has 0 saturated heterocycles. The molecule has 1 N–H and O–H groups in total. The average molecular weight is 328 g/mol. The summed E-state index contributed by atoms with van der Waals surface area (Å²) in [6.07, 6.45) is 0. The zero-order valence-electron chi connectivity index (χ0n) is 13.5. The minimum atomic E-state index is -0.664. The number of phenolic OH excluding ortho intramolecular Hbond substituents is 1. The Morgan fingerprint density at radius 2 is 1.96 bits per heavy atom. The van der Waals surface area contributed by atoms with Crippen LogP contribution in [0.25, 0.3) is 11.5 Å². The molecular weight excluding hydrogens is 312 g/mol. The van der Waals surface area contributed by atoms with E-state index in [0.717, 1.165) is 11.3 Å². The lowest BCUT2D eigenvalue weighted by molar-refractivity contribution is 0.0435. The predicted octanol–water partition coefficient (Wildman–Crippen LogP) is 3.32. The van der Waals surface area contributed by atoms with Gasteiger partial charge in [0.1, 0.15) is 22.8 Å². The van der Waals surface area contributed by atoms with Crippen LogP contribution in [0.1, 0.15) is 33.3 Å². The van der Waals surface area contributed by atoms with Crippen molar-refractivity contribution >= 4 is 5.97 Å². The van der Waals surface area contributed by atoms with Crippen molar-refractivity contribution in [2.45, 2.75) is 27.4 Å². The number of benzene rings is 1. The number of hydrogen-bond donors (Lipinski definition) is 1. The van der Waals surface area contributed by atoms with Crippen molar-refractivity contribution in [3.63, 3.8) is 0 Å². The molecule has 0 unspecified atom stereocenters. The Balaban J connectivity index is 1.69. The van der Waals surface area contributed by atoms with Crippen molar-refractivity contribution in [3.05, 3.63) is 52.8 Å². The van der Waals surface area contributed by atoms with Crippen LogP contribution in [0.5, 0.6) is 5.75 Å². The van der Waals surface area contributed by atoms with Crippen molar-refractivity contribution in [1.29, 1.82) is 0 Å². The van der Waals surface area contributed by atoms with Crippen LogP contribution in [-0.4, -0.2) is 21.3 Å². The summed E-state index contributed by atoms with van der Waals surface area (Å²) in [4.78, 5) is 12.0. The van der Waals surface area contributed by atoms with Gasteiger partial charge in [-0.3, -0.25) is 0 Å². The lowest BCUT2D eigenvalue weighted by Gasteiger charge is -2.04. The molecule has 0 bridgehead atoms. The molecule has 0 aliphatic heterocycles. The van der Waals surface area contributed by atoms with E-state index in [9.17, 15) is 9.90 Å². The van der Waals surface area contributed by atoms with Crippen molar-refractivity contribution in [1.82, 2.24) is 10.2 Å². The third kappa shape index (κ3) is 3.15. The number of rotatable bonds is 4. The Morgan fingerprint density at radius 1 is 1.17 bits per heavy atom. The maximum absolute atomic E-state index is 12.0. The predicted molar refractivity (Wildman–Crippen MR) is 83.4 cm³/mol. The number of phenols is 1. The molecule has 24 heavy (non-hydrogen) atoms. The van der Waals surface area contributed by atoms with E-state index in [1.807, 2.05) is 13.8 Å². The van der Waals surface area contributed by atoms with Gasteiger partial charge in [-0.05, 0) is 44.5 Å². The minimum Gasteiger partial charge on any atom is -0.507 e. The molecule has 2 aromatic heterocycles. The van der Waals surface area contributed by atoms with Gasteiger partial charge in [0.2, 0.25) is 0 Å². The number of carbonyl (C=O) groups excluding carboxylic acids is 1. The van der Waals surface area contributed by atoms with Gasteiger partial charge in [-0.25, -0.2) is 4.79 Å². The van der Waals surface area contributed by atoms with E-state index >= 15 is 0 Å². The third-order valence-corrected chi connectivity index (χ3v) is 3.44. The van der Waals surface area contributed by atoms with Gasteiger partial charge in [0, 0.05) is 0 Å². The zero-order chi connectivity index (χ0) is 17.3. The van der Waals surface area contributed by atoms with Crippen LogP contribution in [-0.2, 0) is 11.3 Å². The van der Waals surface area contributed by atoms with Crippen LogP contribution >= 0.6 is 0 Å². The Hall–Kier alpha value is -3.09. The topological polar surface area (TPSA) is 98.6 Å². The first-order chi connectivity index (χ1) is 11.4. The molecule has 0 amide bonds. The number of hydrogen-bond acceptors (Lipinski definition) is 7. The van der Waals surface area contributed by atoms with Crippen LogP contribution in [0.2, 0.25) is 0 Å².